The maximum atomic E-state index is 12.1. The van der Waals surface area contributed by atoms with Crippen molar-refractivity contribution >= 4 is 17.5 Å². The number of aryl methyl sites for hydroxylation is 1. The van der Waals surface area contributed by atoms with Crippen LogP contribution in [0.4, 0.5) is 0 Å². The molecule has 0 aromatic heterocycles. The van der Waals surface area contributed by atoms with Gasteiger partial charge in [0.2, 0.25) is 0 Å². The van der Waals surface area contributed by atoms with Crippen LogP contribution in [0.5, 0.6) is 0 Å². The van der Waals surface area contributed by atoms with Gasteiger partial charge in [0.25, 0.3) is 5.91 Å². The fraction of sp³-hybridized carbons (Fsp3) is 0.562. The van der Waals surface area contributed by atoms with E-state index in [9.17, 15) is 4.79 Å². The van der Waals surface area contributed by atoms with Crippen molar-refractivity contribution < 1.29 is 4.79 Å². The lowest BCUT2D eigenvalue weighted by Gasteiger charge is -2.22. The van der Waals surface area contributed by atoms with E-state index in [0.717, 1.165) is 24.0 Å². The molecule has 0 bridgehead atoms. The third-order valence-electron chi connectivity index (χ3n) is 2.96. The van der Waals surface area contributed by atoms with Crippen LogP contribution >= 0.6 is 11.6 Å². The van der Waals surface area contributed by atoms with E-state index in [0.29, 0.717) is 6.54 Å². The summed E-state index contributed by atoms with van der Waals surface area (Å²) in [6.45, 7) is 9.01. The molecule has 1 atom stereocenters. The Kier molecular flexibility index (Phi) is 5.86. The van der Waals surface area contributed by atoms with E-state index >= 15 is 0 Å². The Morgan fingerprint density at radius 2 is 1.95 bits per heavy atom. The minimum atomic E-state index is -0.0305. The third-order valence-corrected chi connectivity index (χ3v) is 3.27. The molecule has 0 aliphatic heterocycles. The molecular weight excluding hydrogens is 258 g/mol. The van der Waals surface area contributed by atoms with E-state index in [1.165, 1.54) is 0 Å². The van der Waals surface area contributed by atoms with Crippen LogP contribution in [0.25, 0.3) is 0 Å². The Morgan fingerprint density at radius 3 is 2.53 bits per heavy atom. The third kappa shape index (κ3) is 5.65. The van der Waals surface area contributed by atoms with Gasteiger partial charge in [0.15, 0.2) is 0 Å². The number of amides is 1. The van der Waals surface area contributed by atoms with Gasteiger partial charge in [-0.05, 0) is 29.9 Å². The highest BCUT2D eigenvalue weighted by Gasteiger charge is 2.18. The summed E-state index contributed by atoms with van der Waals surface area (Å²) >= 11 is 6.26. The number of nitrogens with one attached hydrogen (secondary N) is 1. The van der Waals surface area contributed by atoms with Crippen LogP contribution < -0.4 is 5.32 Å². The molecule has 0 saturated heterocycles. The molecule has 0 heterocycles. The van der Waals surface area contributed by atoms with Gasteiger partial charge in [-0.25, -0.2) is 0 Å². The predicted octanol–water partition coefficient (Wildman–Crippen LogP) is 4.02. The number of halogens is 1. The number of benzene rings is 1. The Bertz CT molecular complexity index is 423. The van der Waals surface area contributed by atoms with E-state index in [-0.39, 0.29) is 16.7 Å². The molecule has 0 fully saturated rings. The minimum Gasteiger partial charge on any atom is -0.351 e. The molecule has 0 spiro atoms. The summed E-state index contributed by atoms with van der Waals surface area (Å²) in [5.74, 6) is -0.0305. The van der Waals surface area contributed by atoms with Crippen LogP contribution in [0, 0.1) is 5.41 Å². The molecule has 106 valence electrons. The summed E-state index contributed by atoms with van der Waals surface area (Å²) in [4.78, 5) is 12.1. The van der Waals surface area contributed by atoms with Crippen LogP contribution in [0.3, 0.4) is 0 Å². The quantitative estimate of drug-likeness (QED) is 0.812. The molecule has 1 amide bonds. The molecule has 1 aromatic carbocycles. The van der Waals surface area contributed by atoms with Crippen LogP contribution in [-0.4, -0.2) is 17.8 Å². The standard InChI is InChI=1S/C16H24ClNO/c1-5-12-8-6-7-9-14(12)15(19)18-11-13(17)10-16(2,3)4/h6-9,13H,5,10-11H2,1-4H3,(H,18,19). The summed E-state index contributed by atoms with van der Waals surface area (Å²) in [5.41, 5.74) is 2.00. The highest BCUT2D eigenvalue weighted by Crippen LogP contribution is 2.23. The molecule has 0 radical (unpaired) electrons. The number of hydrogen-bond donors (Lipinski definition) is 1. The number of alkyl halides is 1. The van der Waals surface area contributed by atoms with Gasteiger partial charge >= 0.3 is 0 Å². The molecule has 1 rings (SSSR count). The van der Waals surface area contributed by atoms with E-state index < -0.39 is 0 Å². The minimum absolute atomic E-state index is 0.0299. The molecule has 0 aliphatic carbocycles. The van der Waals surface area contributed by atoms with Crippen LogP contribution in [0.1, 0.15) is 50.0 Å². The zero-order chi connectivity index (χ0) is 14.5. The van der Waals surface area contributed by atoms with Crippen LogP contribution in [0.15, 0.2) is 24.3 Å². The van der Waals surface area contributed by atoms with Gasteiger partial charge < -0.3 is 5.32 Å². The average Bonchev–Trinajstić information content (AvgIpc) is 2.33. The lowest BCUT2D eigenvalue weighted by atomic mass is 9.90. The van der Waals surface area contributed by atoms with Crippen LogP contribution in [0.2, 0.25) is 0 Å². The first-order valence-electron chi connectivity index (χ1n) is 6.83. The lowest BCUT2D eigenvalue weighted by Crippen LogP contribution is -2.32. The van der Waals surface area contributed by atoms with E-state index in [2.05, 4.69) is 33.0 Å². The second-order valence-electron chi connectivity index (χ2n) is 6.08. The summed E-state index contributed by atoms with van der Waals surface area (Å²) < 4.78 is 0. The molecule has 3 heteroatoms. The van der Waals surface area contributed by atoms with Crippen molar-refractivity contribution in [1.29, 1.82) is 0 Å². The molecule has 0 saturated carbocycles. The van der Waals surface area contributed by atoms with Gasteiger partial charge in [0.05, 0.1) is 5.38 Å². The maximum Gasteiger partial charge on any atom is 0.251 e. The normalized spacial score (nSPS) is 13.1. The van der Waals surface area contributed by atoms with E-state index in [1.807, 2.05) is 24.3 Å². The highest BCUT2D eigenvalue weighted by molar-refractivity contribution is 6.21. The lowest BCUT2D eigenvalue weighted by molar-refractivity contribution is 0.0951. The zero-order valence-electron chi connectivity index (χ0n) is 12.3. The molecular formula is C16H24ClNO. The van der Waals surface area contributed by atoms with Crippen LogP contribution in [-0.2, 0) is 6.42 Å². The zero-order valence-corrected chi connectivity index (χ0v) is 13.1. The fourth-order valence-electron chi connectivity index (χ4n) is 2.09. The molecule has 1 unspecified atom stereocenters. The van der Waals surface area contributed by atoms with Crippen molar-refractivity contribution in [2.24, 2.45) is 5.41 Å². The van der Waals surface area contributed by atoms with Gasteiger partial charge in [-0.3, -0.25) is 4.79 Å². The number of rotatable bonds is 5. The summed E-state index contributed by atoms with van der Waals surface area (Å²) in [6, 6.07) is 7.70. The largest absolute Gasteiger partial charge is 0.351 e. The second-order valence-corrected chi connectivity index (χ2v) is 6.70. The second kappa shape index (κ2) is 6.95. The van der Waals surface area contributed by atoms with Gasteiger partial charge in [-0.2, -0.15) is 0 Å². The van der Waals surface area contributed by atoms with E-state index in [1.54, 1.807) is 0 Å². The Balaban J connectivity index is 2.56. The maximum absolute atomic E-state index is 12.1. The first kappa shape index (κ1) is 16.0. The summed E-state index contributed by atoms with van der Waals surface area (Å²) in [5, 5.41) is 2.90. The molecule has 2 nitrogen and oxygen atoms in total. The molecule has 1 N–H and O–H groups in total. The predicted molar refractivity (Wildman–Crippen MR) is 81.9 cm³/mol. The average molecular weight is 282 g/mol. The van der Waals surface area contributed by atoms with E-state index in [4.69, 9.17) is 11.6 Å². The molecule has 19 heavy (non-hydrogen) atoms. The van der Waals surface area contributed by atoms with Crippen molar-refractivity contribution in [1.82, 2.24) is 5.32 Å². The molecule has 1 aromatic rings. The first-order chi connectivity index (χ1) is 8.83. The SMILES string of the molecule is CCc1ccccc1C(=O)NCC(Cl)CC(C)(C)C. The summed E-state index contributed by atoms with van der Waals surface area (Å²) in [6.07, 6.45) is 1.74. The Hall–Kier alpha value is -1.02. The first-order valence-corrected chi connectivity index (χ1v) is 7.27. The van der Waals surface area contributed by atoms with Crippen molar-refractivity contribution in [3.8, 4) is 0 Å². The van der Waals surface area contributed by atoms with Gasteiger partial charge in [0.1, 0.15) is 0 Å². The number of carbonyl (C=O) groups excluding carboxylic acids is 1. The Morgan fingerprint density at radius 1 is 1.32 bits per heavy atom. The number of carbonyl (C=O) groups is 1. The van der Waals surface area contributed by atoms with Gasteiger partial charge in [0, 0.05) is 12.1 Å². The Labute approximate surface area is 121 Å². The highest BCUT2D eigenvalue weighted by atomic mass is 35.5. The van der Waals surface area contributed by atoms with Crippen molar-refractivity contribution in [2.45, 2.75) is 45.9 Å². The molecule has 0 aliphatic rings. The smallest absolute Gasteiger partial charge is 0.251 e. The van der Waals surface area contributed by atoms with Crippen molar-refractivity contribution in [3.63, 3.8) is 0 Å². The summed E-state index contributed by atoms with van der Waals surface area (Å²) in [7, 11) is 0. The number of hydrogen-bond acceptors (Lipinski definition) is 1. The van der Waals surface area contributed by atoms with Crippen molar-refractivity contribution in [3.05, 3.63) is 35.4 Å². The fourth-order valence-corrected chi connectivity index (χ4v) is 2.63. The van der Waals surface area contributed by atoms with Gasteiger partial charge in [-0.1, -0.05) is 45.9 Å². The topological polar surface area (TPSA) is 29.1 Å². The monoisotopic (exact) mass is 281 g/mol. The van der Waals surface area contributed by atoms with Crippen molar-refractivity contribution in [2.75, 3.05) is 6.54 Å². The van der Waals surface area contributed by atoms with Gasteiger partial charge in [-0.15, -0.1) is 11.6 Å².